The zero-order valence-electron chi connectivity index (χ0n) is 44.7. The van der Waals surface area contributed by atoms with Gasteiger partial charge < -0.3 is 54.0 Å². The largest absolute Gasteiger partial charge is 0.495 e. The van der Waals surface area contributed by atoms with E-state index in [1.54, 1.807) is 50.9 Å². The number of anilines is 1. The van der Waals surface area contributed by atoms with Gasteiger partial charge in [0.15, 0.2) is 5.72 Å². The maximum atomic E-state index is 14.4. The van der Waals surface area contributed by atoms with Gasteiger partial charge in [-0.15, -0.1) is 11.8 Å². The highest BCUT2D eigenvalue weighted by Crippen LogP contribution is 2.49. The third-order valence-corrected chi connectivity index (χ3v) is 17.8. The summed E-state index contributed by atoms with van der Waals surface area (Å²) in [6, 6.07) is 8.17. The van der Waals surface area contributed by atoms with Crippen molar-refractivity contribution in [2.45, 2.75) is 151 Å². The number of ether oxygens (including phenoxy) is 6. The number of carbonyl (C=O) groups is 6. The smallest absolute Gasteiger partial charge is 0.409 e. The first-order chi connectivity index (χ1) is 34.8. The quantitative estimate of drug-likeness (QED) is 0.0163. The molecule has 2 saturated heterocycles. The molecule has 2 aliphatic heterocycles. The Bertz CT molecular complexity index is 2300. The van der Waals surface area contributed by atoms with Crippen molar-refractivity contribution in [1.82, 2.24) is 25.8 Å². The zero-order chi connectivity index (χ0) is 55.1. The van der Waals surface area contributed by atoms with Crippen LogP contribution in [0.3, 0.4) is 0 Å². The lowest BCUT2D eigenvalue weighted by atomic mass is 9.84. The topological polar surface area (TPSA) is 237 Å². The number of alkyl carbamates (subject to hydrolysis) is 2. The Hall–Kier alpha value is -4.45. The molecule has 2 aromatic rings. The Morgan fingerprint density at radius 2 is 1.78 bits per heavy atom. The SMILES string of the molecule is C/C=C(\C)Cc1cc(OC)c(Cl)c(N(C)C(=O)C[C@H](OC(=O)[C@H](C)N(C)C(=O)CCC(C)(C)SCC(=O)NCCNC(=O)OC[C@H](C)SSc2ccccn2)[C@]2(C)O[C@H]2[C@H](C)[C@@H]2C[C@](O)([C@@H](C)OC)NC(=O)O2)c1. The van der Waals surface area contributed by atoms with Crippen molar-refractivity contribution in [1.29, 1.82) is 0 Å². The summed E-state index contributed by atoms with van der Waals surface area (Å²) in [5, 5.41) is 20.3. The van der Waals surface area contributed by atoms with Gasteiger partial charge in [0, 0.05) is 69.2 Å². The van der Waals surface area contributed by atoms with Gasteiger partial charge in [0.1, 0.15) is 52.4 Å². The molecule has 0 radical (unpaired) electrons. The number of rotatable bonds is 28. The molecule has 0 spiro atoms. The first kappa shape index (κ1) is 62.1. The summed E-state index contributed by atoms with van der Waals surface area (Å²) in [7, 11) is 9.00. The second kappa shape index (κ2) is 28.1. The summed E-state index contributed by atoms with van der Waals surface area (Å²) in [6.07, 6.45) is -0.686. The van der Waals surface area contributed by atoms with Crippen molar-refractivity contribution >= 4 is 86.5 Å². The van der Waals surface area contributed by atoms with Crippen LogP contribution in [-0.2, 0) is 49.3 Å². The second-order valence-corrected chi connectivity index (χ2v) is 24.2. The number of methoxy groups -OCH3 is 2. The molecule has 3 heterocycles. The van der Waals surface area contributed by atoms with Gasteiger partial charge in [-0.05, 0) is 95.0 Å². The average molecular weight is 1110 g/mol. The lowest BCUT2D eigenvalue weighted by molar-refractivity contribution is -0.162. The molecule has 412 valence electrons. The number of nitrogens with one attached hydrogen (secondary N) is 3. The normalized spacial score (nSPS) is 21.6. The van der Waals surface area contributed by atoms with Crippen LogP contribution < -0.4 is 25.6 Å². The predicted molar refractivity (Wildman–Crippen MR) is 288 cm³/mol. The molecule has 74 heavy (non-hydrogen) atoms. The number of hydrogen-bond donors (Lipinski definition) is 4. The van der Waals surface area contributed by atoms with Crippen molar-refractivity contribution in [2.75, 3.05) is 58.7 Å². The molecule has 4 N–H and O–H groups in total. The minimum absolute atomic E-state index is 0.0291. The summed E-state index contributed by atoms with van der Waals surface area (Å²) in [5.41, 5.74) is -0.705. The van der Waals surface area contributed by atoms with E-state index in [0.717, 1.165) is 16.2 Å². The highest BCUT2D eigenvalue weighted by molar-refractivity contribution is 8.76. The van der Waals surface area contributed by atoms with E-state index in [2.05, 4.69) is 20.9 Å². The van der Waals surface area contributed by atoms with Gasteiger partial charge in [-0.25, -0.2) is 19.4 Å². The lowest BCUT2D eigenvalue weighted by Gasteiger charge is -2.41. The predicted octanol–water partition coefficient (Wildman–Crippen LogP) is 7.34. The number of esters is 1. The summed E-state index contributed by atoms with van der Waals surface area (Å²) in [5.74, 6) is -1.93. The highest BCUT2D eigenvalue weighted by atomic mass is 35.5. The fourth-order valence-corrected chi connectivity index (χ4v) is 11.0. The van der Waals surface area contributed by atoms with E-state index in [9.17, 15) is 33.9 Å². The van der Waals surface area contributed by atoms with E-state index in [1.807, 2.05) is 65.0 Å². The third-order valence-electron chi connectivity index (χ3n) is 13.3. The van der Waals surface area contributed by atoms with Crippen LogP contribution in [0.2, 0.25) is 5.02 Å². The number of hydrogen-bond acceptors (Lipinski definition) is 17. The molecule has 19 nitrogen and oxygen atoms in total. The number of aromatic nitrogens is 1. The maximum absolute atomic E-state index is 14.4. The molecule has 23 heteroatoms. The molecule has 9 atom stereocenters. The minimum atomic E-state index is -1.74. The Morgan fingerprint density at radius 3 is 2.43 bits per heavy atom. The van der Waals surface area contributed by atoms with Gasteiger partial charge in [0.05, 0.1) is 31.1 Å². The van der Waals surface area contributed by atoms with Crippen LogP contribution in [0.4, 0.5) is 15.3 Å². The number of thioether (sulfide) groups is 1. The first-order valence-electron chi connectivity index (χ1n) is 24.5. The number of carbonyl (C=O) groups excluding carboxylic acids is 6. The molecule has 0 unspecified atom stereocenters. The van der Waals surface area contributed by atoms with Crippen LogP contribution >= 0.6 is 45.0 Å². The van der Waals surface area contributed by atoms with Crippen molar-refractivity contribution in [3.63, 3.8) is 0 Å². The van der Waals surface area contributed by atoms with E-state index in [4.69, 9.17) is 40.0 Å². The first-order valence-corrected chi connectivity index (χ1v) is 28.0. The number of pyridine rings is 1. The van der Waals surface area contributed by atoms with Crippen molar-refractivity contribution in [3.05, 3.63) is 58.8 Å². The fraction of sp³-hybridized carbons (Fsp3) is 0.627. The molecule has 4 rings (SSSR count). The Labute approximate surface area is 452 Å². The molecule has 5 amide bonds. The molecule has 0 bridgehead atoms. The highest BCUT2D eigenvalue weighted by Gasteiger charge is 2.64. The van der Waals surface area contributed by atoms with E-state index >= 15 is 0 Å². The summed E-state index contributed by atoms with van der Waals surface area (Å²) < 4.78 is 33.8. The van der Waals surface area contributed by atoms with Crippen molar-refractivity contribution in [3.8, 4) is 5.75 Å². The molecule has 2 fully saturated rings. The van der Waals surface area contributed by atoms with E-state index in [0.29, 0.717) is 24.3 Å². The molecule has 2 aliphatic rings. The summed E-state index contributed by atoms with van der Waals surface area (Å²) in [4.78, 5) is 86.7. The van der Waals surface area contributed by atoms with Gasteiger partial charge >= 0.3 is 18.2 Å². The Balaban J connectivity index is 1.35. The van der Waals surface area contributed by atoms with Crippen molar-refractivity contribution < 1.29 is 62.3 Å². The monoisotopic (exact) mass is 1110 g/mol. The maximum Gasteiger partial charge on any atom is 0.409 e. The standard InChI is InChI=1S/C51H75ClN6O13S3/c1-14-30(2)23-35-24-36(44(52)37(25-35)67-13)58(11)43(61)26-39(50(9)45(71-50)32(4)38-27-51(65,34(6)66-12)56-48(64)69-38)70-46(62)33(5)57(10)42(60)18-19-49(7,8)72-29-40(59)53-21-22-55-47(63)68-28-31(3)73-74-41-17-15-16-20-54-41/h14-17,20,24-25,31-34,38-39,45,65H,18-19,21-23,26-29H2,1-13H3,(H,53,59)(H,55,63)(H,56,64)/b30-14+/t31-,32+,33-,34+,38-,39-,45-,50-,51-/m0/s1. The summed E-state index contributed by atoms with van der Waals surface area (Å²) >= 11 is 8.16. The lowest BCUT2D eigenvalue weighted by Crippen LogP contribution is -2.63. The number of likely N-dealkylation sites (N-methyl/N-ethyl adjacent to an activating group) is 1. The Morgan fingerprint density at radius 1 is 1.08 bits per heavy atom. The number of nitrogens with zero attached hydrogens (tertiary/aromatic N) is 3. The van der Waals surface area contributed by atoms with Crippen molar-refractivity contribution in [2.24, 2.45) is 5.92 Å². The van der Waals surface area contributed by atoms with Gasteiger partial charge in [-0.2, -0.15) is 0 Å². The van der Waals surface area contributed by atoms with Crippen LogP contribution in [0, 0.1) is 5.92 Å². The van der Waals surface area contributed by atoms with Gasteiger partial charge in [0.25, 0.3) is 0 Å². The van der Waals surface area contributed by atoms with E-state index in [-0.39, 0.29) is 66.8 Å². The number of benzene rings is 1. The zero-order valence-corrected chi connectivity index (χ0v) is 47.9. The number of cyclic esters (lactones) is 1. The Kier molecular flexibility index (Phi) is 23.6. The van der Waals surface area contributed by atoms with Crippen LogP contribution in [-0.4, -0.2) is 156 Å². The minimum Gasteiger partial charge on any atom is -0.495 e. The number of amides is 5. The van der Waals surface area contributed by atoms with Crippen LogP contribution in [0.25, 0.3) is 0 Å². The number of aliphatic hydroxyl groups is 1. The molecular weight excluding hydrogens is 1040 g/mol. The summed E-state index contributed by atoms with van der Waals surface area (Å²) in [6.45, 7) is 16.9. The van der Waals surface area contributed by atoms with E-state index in [1.165, 1.54) is 60.5 Å². The third kappa shape index (κ3) is 17.8. The van der Waals surface area contributed by atoms with Gasteiger partial charge in [-0.1, -0.05) is 60.9 Å². The molecule has 1 aromatic heterocycles. The number of epoxide rings is 1. The van der Waals surface area contributed by atoms with Crippen LogP contribution in [0.15, 0.2) is 53.2 Å². The molecule has 1 aromatic carbocycles. The van der Waals surface area contributed by atoms with Crippen LogP contribution in [0.1, 0.15) is 93.6 Å². The fourth-order valence-electron chi connectivity index (χ4n) is 7.92. The van der Waals surface area contributed by atoms with Gasteiger partial charge in [-0.3, -0.25) is 19.7 Å². The number of allylic oxidation sites excluding steroid dienone is 2. The molecular formula is C51H75ClN6O13S3. The van der Waals surface area contributed by atoms with Crippen LogP contribution in [0.5, 0.6) is 5.75 Å². The van der Waals surface area contributed by atoms with E-state index < -0.39 is 76.5 Å². The second-order valence-electron chi connectivity index (χ2n) is 19.4. The molecule has 0 saturated carbocycles. The number of halogens is 1. The molecule has 0 aliphatic carbocycles. The average Bonchev–Trinajstić information content (AvgIpc) is 4.08. The van der Waals surface area contributed by atoms with Gasteiger partial charge in [0.2, 0.25) is 17.7 Å².